The van der Waals surface area contributed by atoms with E-state index in [1.54, 1.807) is 36.9 Å². The molecule has 1 fully saturated rings. The number of piperazine rings is 1. The van der Waals surface area contributed by atoms with Crippen LogP contribution < -0.4 is 15.1 Å². The smallest absolute Gasteiger partial charge is 0.250 e. The molecule has 29 heavy (non-hydrogen) atoms. The summed E-state index contributed by atoms with van der Waals surface area (Å²) in [6.45, 7) is 6.34. The van der Waals surface area contributed by atoms with Crippen LogP contribution in [0.5, 0.6) is 0 Å². The lowest BCUT2D eigenvalue weighted by molar-refractivity contribution is -0.127. The molecule has 0 saturated carbocycles. The molecule has 7 heteroatoms. The highest BCUT2D eigenvalue weighted by molar-refractivity contribution is 6.14. The molecule has 4 rings (SSSR count). The number of rotatable bonds is 3. The molecule has 2 aromatic rings. The fraction of sp³-hybridized carbons (Fsp3) is 0.364. The molecule has 2 aromatic carbocycles. The van der Waals surface area contributed by atoms with Crippen molar-refractivity contribution in [3.05, 3.63) is 54.3 Å². The largest absolute Gasteiger partial charge is 0.367 e. The number of hydrogen-bond donors (Lipinski definition) is 1. The first-order chi connectivity index (χ1) is 13.9. The second-order valence-corrected chi connectivity index (χ2v) is 7.97. The first-order valence-electron chi connectivity index (χ1n) is 9.83. The van der Waals surface area contributed by atoms with Crippen LogP contribution in [0, 0.1) is 5.82 Å². The van der Waals surface area contributed by atoms with Crippen molar-refractivity contribution in [3.8, 4) is 0 Å². The minimum atomic E-state index is -0.972. The van der Waals surface area contributed by atoms with E-state index in [1.807, 2.05) is 29.2 Å². The van der Waals surface area contributed by atoms with Crippen LogP contribution in [-0.4, -0.2) is 55.0 Å². The molecule has 0 atom stereocenters. The van der Waals surface area contributed by atoms with E-state index in [2.05, 4.69) is 10.2 Å². The van der Waals surface area contributed by atoms with Crippen molar-refractivity contribution >= 4 is 28.9 Å². The van der Waals surface area contributed by atoms with E-state index in [-0.39, 0.29) is 24.2 Å². The number of carbonyl (C=O) groups is 2. The maximum Gasteiger partial charge on any atom is 0.250 e. The van der Waals surface area contributed by atoms with E-state index in [4.69, 9.17) is 0 Å². The van der Waals surface area contributed by atoms with Crippen LogP contribution in [0.25, 0.3) is 0 Å². The Morgan fingerprint density at radius 1 is 1.00 bits per heavy atom. The van der Waals surface area contributed by atoms with Crippen molar-refractivity contribution in [1.82, 2.24) is 4.90 Å². The van der Waals surface area contributed by atoms with E-state index in [9.17, 15) is 14.0 Å². The van der Waals surface area contributed by atoms with Gasteiger partial charge < -0.3 is 10.2 Å². The lowest BCUT2D eigenvalue weighted by Crippen LogP contribution is -2.61. The molecule has 2 aliphatic rings. The Kier molecular flexibility index (Phi) is 5.00. The van der Waals surface area contributed by atoms with E-state index in [0.29, 0.717) is 43.2 Å². The van der Waals surface area contributed by atoms with Gasteiger partial charge in [-0.1, -0.05) is 24.3 Å². The topological polar surface area (TPSA) is 55.9 Å². The summed E-state index contributed by atoms with van der Waals surface area (Å²) in [6, 6.07) is 14.1. The SMILES string of the molecule is CC1(C)C(=O)Nc2ccccc2N1C(=O)CN1CCN(c2ccccc2F)CC1. The summed E-state index contributed by atoms with van der Waals surface area (Å²) >= 11 is 0. The average molecular weight is 396 g/mol. The molecule has 2 amide bonds. The summed E-state index contributed by atoms with van der Waals surface area (Å²) in [4.78, 5) is 31.4. The van der Waals surface area contributed by atoms with Crippen molar-refractivity contribution in [1.29, 1.82) is 0 Å². The van der Waals surface area contributed by atoms with Gasteiger partial charge in [-0.15, -0.1) is 0 Å². The number of anilines is 3. The normalized spacial score (nSPS) is 18.9. The van der Waals surface area contributed by atoms with Gasteiger partial charge in [-0.3, -0.25) is 19.4 Å². The van der Waals surface area contributed by atoms with Gasteiger partial charge in [0.2, 0.25) is 11.8 Å². The van der Waals surface area contributed by atoms with Crippen LogP contribution in [0.2, 0.25) is 0 Å². The van der Waals surface area contributed by atoms with Crippen molar-refractivity contribution in [2.24, 2.45) is 0 Å². The fourth-order valence-electron chi connectivity index (χ4n) is 4.02. The second kappa shape index (κ2) is 7.48. The van der Waals surface area contributed by atoms with Gasteiger partial charge in [0.15, 0.2) is 0 Å². The number of hydrogen-bond acceptors (Lipinski definition) is 4. The Bertz CT molecular complexity index is 938. The summed E-state index contributed by atoms with van der Waals surface area (Å²) in [5.41, 5.74) is 0.989. The van der Waals surface area contributed by atoms with Crippen molar-refractivity contribution in [2.75, 3.05) is 47.8 Å². The van der Waals surface area contributed by atoms with Crippen LogP contribution in [-0.2, 0) is 9.59 Å². The monoisotopic (exact) mass is 396 g/mol. The molecular formula is C22H25FN4O2. The van der Waals surface area contributed by atoms with Crippen molar-refractivity contribution < 1.29 is 14.0 Å². The average Bonchev–Trinajstić information content (AvgIpc) is 2.70. The van der Waals surface area contributed by atoms with Crippen LogP contribution in [0.4, 0.5) is 21.5 Å². The van der Waals surface area contributed by atoms with Gasteiger partial charge in [-0.25, -0.2) is 4.39 Å². The number of carbonyl (C=O) groups excluding carboxylic acids is 2. The first-order valence-corrected chi connectivity index (χ1v) is 9.83. The maximum atomic E-state index is 14.0. The predicted octanol–water partition coefficient (Wildman–Crippen LogP) is 2.71. The zero-order valence-electron chi connectivity index (χ0n) is 16.7. The lowest BCUT2D eigenvalue weighted by atomic mass is 9.96. The van der Waals surface area contributed by atoms with E-state index < -0.39 is 5.54 Å². The minimum absolute atomic E-state index is 0.114. The van der Waals surface area contributed by atoms with Gasteiger partial charge in [0.05, 0.1) is 23.6 Å². The number of benzene rings is 2. The third-order valence-corrected chi connectivity index (χ3v) is 5.68. The third-order valence-electron chi connectivity index (χ3n) is 5.68. The van der Waals surface area contributed by atoms with E-state index in [0.717, 1.165) is 0 Å². The molecule has 0 bridgehead atoms. The van der Waals surface area contributed by atoms with Gasteiger partial charge in [-0.05, 0) is 38.1 Å². The maximum absolute atomic E-state index is 14.0. The van der Waals surface area contributed by atoms with Gasteiger partial charge in [0.1, 0.15) is 11.4 Å². The molecule has 152 valence electrons. The summed E-state index contributed by atoms with van der Waals surface area (Å²) in [5.74, 6) is -0.541. The lowest BCUT2D eigenvalue weighted by Gasteiger charge is -2.43. The zero-order chi connectivity index (χ0) is 20.6. The number of halogens is 1. The molecule has 2 heterocycles. The molecular weight excluding hydrogens is 371 g/mol. The highest BCUT2D eigenvalue weighted by atomic mass is 19.1. The highest BCUT2D eigenvalue weighted by Gasteiger charge is 2.43. The van der Waals surface area contributed by atoms with Crippen LogP contribution >= 0.6 is 0 Å². The van der Waals surface area contributed by atoms with Crippen LogP contribution in [0.3, 0.4) is 0 Å². The Morgan fingerprint density at radius 3 is 2.31 bits per heavy atom. The van der Waals surface area contributed by atoms with Crippen molar-refractivity contribution in [3.63, 3.8) is 0 Å². The van der Waals surface area contributed by atoms with Crippen LogP contribution in [0.15, 0.2) is 48.5 Å². The van der Waals surface area contributed by atoms with Gasteiger partial charge in [-0.2, -0.15) is 0 Å². The quantitative estimate of drug-likeness (QED) is 0.867. The number of nitrogens with zero attached hydrogens (tertiary/aromatic N) is 3. The molecule has 6 nitrogen and oxygen atoms in total. The van der Waals surface area contributed by atoms with E-state index in [1.165, 1.54) is 6.07 Å². The molecule has 1 N–H and O–H groups in total. The Labute approximate surface area is 169 Å². The Balaban J connectivity index is 1.46. The van der Waals surface area contributed by atoms with Gasteiger partial charge in [0, 0.05) is 26.2 Å². The summed E-state index contributed by atoms with van der Waals surface area (Å²) < 4.78 is 14.0. The summed E-state index contributed by atoms with van der Waals surface area (Å²) in [5, 5.41) is 2.88. The number of fused-ring (bicyclic) bond motifs is 1. The first kappa shape index (κ1) is 19.4. The van der Waals surface area contributed by atoms with Gasteiger partial charge in [0.25, 0.3) is 0 Å². The molecule has 0 unspecified atom stereocenters. The molecule has 0 aromatic heterocycles. The summed E-state index contributed by atoms with van der Waals surface area (Å²) in [7, 11) is 0. The molecule has 2 aliphatic heterocycles. The van der Waals surface area contributed by atoms with Crippen LogP contribution in [0.1, 0.15) is 13.8 Å². The predicted molar refractivity (Wildman–Crippen MR) is 112 cm³/mol. The van der Waals surface area contributed by atoms with Gasteiger partial charge >= 0.3 is 0 Å². The molecule has 1 saturated heterocycles. The Morgan fingerprint density at radius 2 is 1.62 bits per heavy atom. The molecule has 0 radical (unpaired) electrons. The highest BCUT2D eigenvalue weighted by Crippen LogP contribution is 2.36. The van der Waals surface area contributed by atoms with Crippen molar-refractivity contribution in [2.45, 2.75) is 19.4 Å². The number of para-hydroxylation sites is 3. The fourth-order valence-corrected chi connectivity index (χ4v) is 4.02. The second-order valence-electron chi connectivity index (χ2n) is 7.97. The molecule has 0 spiro atoms. The molecule has 0 aliphatic carbocycles. The Hall–Kier alpha value is -2.93. The minimum Gasteiger partial charge on any atom is -0.367 e. The summed E-state index contributed by atoms with van der Waals surface area (Å²) in [6.07, 6.45) is 0. The van der Waals surface area contributed by atoms with E-state index >= 15 is 0 Å². The number of nitrogens with one attached hydrogen (secondary N) is 1. The third kappa shape index (κ3) is 3.58. The zero-order valence-corrected chi connectivity index (χ0v) is 16.7. The number of amides is 2. The standard InChI is InChI=1S/C22H25FN4O2/c1-22(2)21(29)24-17-8-4-6-10-19(17)27(22)20(28)15-25-11-13-26(14-12-25)18-9-5-3-7-16(18)23/h3-10H,11-15H2,1-2H3,(H,24,29).